The van der Waals surface area contributed by atoms with Crippen molar-refractivity contribution in [3.8, 4) is 0 Å². The number of fused-ring (bicyclic) bond motifs is 1. The monoisotopic (exact) mass is 528 g/mol. The van der Waals surface area contributed by atoms with E-state index in [1.54, 1.807) is 31.3 Å². The van der Waals surface area contributed by atoms with Gasteiger partial charge < -0.3 is 19.8 Å². The normalized spacial score (nSPS) is 12.1. The summed E-state index contributed by atoms with van der Waals surface area (Å²) in [5.41, 5.74) is 3.67. The Bertz CT molecular complexity index is 1560. The van der Waals surface area contributed by atoms with Crippen LogP contribution >= 0.6 is 0 Å². The highest BCUT2D eigenvalue weighted by molar-refractivity contribution is 5.94. The Kier molecular flexibility index (Phi) is 9.75. The summed E-state index contributed by atoms with van der Waals surface area (Å²) < 4.78 is 15.9. The van der Waals surface area contributed by atoms with Gasteiger partial charge in [-0.05, 0) is 56.2 Å². The number of amides is 2. The molecule has 1 aromatic carbocycles. The minimum atomic E-state index is -0.427. The molecule has 0 saturated carbocycles. The topological polar surface area (TPSA) is 87.2 Å². The number of pyridine rings is 1. The van der Waals surface area contributed by atoms with E-state index in [1.807, 2.05) is 26.0 Å². The highest BCUT2D eigenvalue weighted by Crippen LogP contribution is 2.21. The third kappa shape index (κ3) is 7.41. The molecule has 0 fully saturated rings. The molecule has 0 atom stereocenters. The lowest BCUT2D eigenvalue weighted by Crippen LogP contribution is -2.27. The Morgan fingerprint density at radius 3 is 2.67 bits per heavy atom. The lowest BCUT2D eigenvalue weighted by atomic mass is 10.1. The van der Waals surface area contributed by atoms with Crippen molar-refractivity contribution in [3.05, 3.63) is 130 Å². The number of carbonyl (C=O) groups excluding carboxylic acids is 2. The van der Waals surface area contributed by atoms with E-state index in [0.717, 1.165) is 22.1 Å². The molecular weight excluding hydrogens is 495 g/mol. The maximum absolute atomic E-state index is 14.5. The highest BCUT2D eigenvalue weighted by Gasteiger charge is 2.12. The Balaban J connectivity index is 1.72. The van der Waals surface area contributed by atoms with Crippen molar-refractivity contribution < 1.29 is 14.0 Å². The van der Waals surface area contributed by atoms with Crippen LogP contribution in [0.5, 0.6) is 0 Å². The zero-order valence-electron chi connectivity index (χ0n) is 22.5. The van der Waals surface area contributed by atoms with Gasteiger partial charge >= 0.3 is 0 Å². The lowest BCUT2D eigenvalue weighted by Gasteiger charge is -2.16. The average molecular weight is 529 g/mol. The molecule has 8 heteroatoms. The standard InChI is InChI=1S/C31H33FN4O3/c1-6-9-29(37)35(8-3)18-21(4)10-11-23(7-2)19-36-20-24(12-13-30(36)38)31(39)34-17-25-14-26-22(5)16-33-28(26)15-27(25)32/h6-16,20,33H,2-3,17-19H2,1,4-5H3,(H,34,39)/b9-6-,21-10+,23-11+. The van der Waals surface area contributed by atoms with Crippen molar-refractivity contribution in [1.82, 2.24) is 19.8 Å². The highest BCUT2D eigenvalue weighted by atomic mass is 19.1. The first-order chi connectivity index (χ1) is 18.7. The zero-order valence-corrected chi connectivity index (χ0v) is 22.5. The summed E-state index contributed by atoms with van der Waals surface area (Å²) in [4.78, 5) is 41.9. The number of aromatic nitrogens is 2. The number of benzene rings is 1. The molecule has 0 aliphatic rings. The fourth-order valence-corrected chi connectivity index (χ4v) is 3.95. The van der Waals surface area contributed by atoms with Gasteiger partial charge in [-0.25, -0.2) is 4.39 Å². The number of rotatable bonds is 11. The van der Waals surface area contributed by atoms with Gasteiger partial charge in [0.05, 0.1) is 12.1 Å². The molecule has 3 rings (SSSR count). The van der Waals surface area contributed by atoms with Crippen molar-refractivity contribution >= 4 is 22.7 Å². The van der Waals surface area contributed by atoms with Gasteiger partial charge in [0.15, 0.2) is 0 Å². The van der Waals surface area contributed by atoms with Gasteiger partial charge in [0, 0.05) is 54.2 Å². The number of hydrogen-bond acceptors (Lipinski definition) is 3. The van der Waals surface area contributed by atoms with E-state index in [2.05, 4.69) is 23.5 Å². The van der Waals surface area contributed by atoms with Crippen LogP contribution in [0.3, 0.4) is 0 Å². The molecule has 2 amide bonds. The summed E-state index contributed by atoms with van der Waals surface area (Å²) in [6, 6.07) is 5.90. The second kappa shape index (κ2) is 13.2. The van der Waals surface area contributed by atoms with E-state index in [9.17, 15) is 18.8 Å². The first-order valence-electron chi connectivity index (χ1n) is 12.5. The van der Waals surface area contributed by atoms with Crippen LogP contribution in [-0.2, 0) is 17.9 Å². The van der Waals surface area contributed by atoms with Crippen molar-refractivity contribution in [1.29, 1.82) is 0 Å². The van der Waals surface area contributed by atoms with Crippen LogP contribution in [-0.4, -0.2) is 32.8 Å². The van der Waals surface area contributed by atoms with Gasteiger partial charge in [0.1, 0.15) is 5.82 Å². The molecule has 0 aliphatic heterocycles. The van der Waals surface area contributed by atoms with Crippen molar-refractivity contribution in [2.45, 2.75) is 33.9 Å². The van der Waals surface area contributed by atoms with E-state index in [1.165, 1.54) is 46.1 Å². The van der Waals surface area contributed by atoms with Crippen molar-refractivity contribution in [3.63, 3.8) is 0 Å². The number of aryl methyl sites for hydroxylation is 1. The average Bonchev–Trinajstić information content (AvgIpc) is 3.27. The number of halogens is 1. The molecule has 0 bridgehead atoms. The summed E-state index contributed by atoms with van der Waals surface area (Å²) in [7, 11) is 0. The third-order valence-corrected chi connectivity index (χ3v) is 6.17. The van der Waals surface area contributed by atoms with E-state index in [0.29, 0.717) is 17.6 Å². The van der Waals surface area contributed by atoms with E-state index in [4.69, 9.17) is 0 Å². The Morgan fingerprint density at radius 1 is 1.21 bits per heavy atom. The number of H-pyrrole nitrogens is 1. The van der Waals surface area contributed by atoms with Crippen molar-refractivity contribution in [2.24, 2.45) is 0 Å². The molecular formula is C31H33FN4O3. The number of hydrogen-bond donors (Lipinski definition) is 2. The van der Waals surface area contributed by atoms with Gasteiger partial charge in [-0.15, -0.1) is 0 Å². The Morgan fingerprint density at radius 2 is 1.97 bits per heavy atom. The molecule has 2 heterocycles. The summed E-state index contributed by atoms with van der Waals surface area (Å²) in [5.74, 6) is -1.01. The molecule has 2 aromatic heterocycles. The van der Waals surface area contributed by atoms with Crippen LogP contribution in [0.1, 0.15) is 35.3 Å². The molecule has 0 saturated heterocycles. The van der Waals surface area contributed by atoms with Crippen LogP contribution < -0.4 is 10.9 Å². The van der Waals surface area contributed by atoms with Crippen molar-refractivity contribution in [2.75, 3.05) is 6.54 Å². The van der Waals surface area contributed by atoms with Gasteiger partial charge in [0.25, 0.3) is 11.5 Å². The van der Waals surface area contributed by atoms with E-state index < -0.39 is 11.7 Å². The van der Waals surface area contributed by atoms with Gasteiger partial charge in [-0.1, -0.05) is 43.0 Å². The van der Waals surface area contributed by atoms with E-state index in [-0.39, 0.29) is 30.1 Å². The molecule has 7 nitrogen and oxygen atoms in total. The number of allylic oxidation sites excluding steroid dienone is 5. The summed E-state index contributed by atoms with van der Waals surface area (Å²) in [6.07, 6.45) is 13.2. The third-order valence-electron chi connectivity index (χ3n) is 6.17. The first-order valence-corrected chi connectivity index (χ1v) is 12.5. The molecule has 2 N–H and O–H groups in total. The largest absolute Gasteiger partial charge is 0.361 e. The Labute approximate surface area is 227 Å². The molecule has 0 radical (unpaired) electrons. The molecule has 3 aromatic rings. The van der Waals surface area contributed by atoms with Crippen LogP contribution in [0.2, 0.25) is 0 Å². The quantitative estimate of drug-likeness (QED) is 0.261. The van der Waals surface area contributed by atoms with Crippen LogP contribution in [0.25, 0.3) is 10.9 Å². The summed E-state index contributed by atoms with van der Waals surface area (Å²) in [5, 5.41) is 3.63. The number of nitrogens with one attached hydrogen (secondary N) is 2. The Hall–Kier alpha value is -4.72. The van der Waals surface area contributed by atoms with Gasteiger partial charge in [-0.2, -0.15) is 0 Å². The smallest absolute Gasteiger partial charge is 0.253 e. The summed E-state index contributed by atoms with van der Waals surface area (Å²) in [6.45, 7) is 13.6. The second-order valence-corrected chi connectivity index (χ2v) is 9.13. The molecule has 0 spiro atoms. The van der Waals surface area contributed by atoms with Crippen LogP contribution in [0.15, 0.2) is 102 Å². The fraction of sp³-hybridized carbons (Fsp3) is 0.194. The molecule has 202 valence electrons. The van der Waals surface area contributed by atoms with Gasteiger partial charge in [-0.3, -0.25) is 14.4 Å². The SMILES string of the molecule is C=C/C(=C\C=C(/C)CN(C=C)C(=O)/C=C\C)Cn1cc(C(=O)NCc2cc3c(C)c[nH]c3cc2F)ccc1=O. The second-order valence-electron chi connectivity index (χ2n) is 9.13. The van der Waals surface area contributed by atoms with Gasteiger partial charge in [0.2, 0.25) is 5.91 Å². The maximum atomic E-state index is 14.5. The number of nitrogens with zero attached hydrogens (tertiary/aromatic N) is 2. The number of aromatic amines is 1. The predicted molar refractivity (Wildman–Crippen MR) is 154 cm³/mol. The number of carbonyl (C=O) groups is 2. The maximum Gasteiger partial charge on any atom is 0.253 e. The zero-order chi connectivity index (χ0) is 28.5. The van der Waals surface area contributed by atoms with Crippen LogP contribution in [0, 0.1) is 12.7 Å². The lowest BCUT2D eigenvalue weighted by molar-refractivity contribution is -0.123. The molecule has 39 heavy (non-hydrogen) atoms. The fourth-order valence-electron chi connectivity index (χ4n) is 3.95. The minimum absolute atomic E-state index is 0.00448. The minimum Gasteiger partial charge on any atom is -0.361 e. The van der Waals surface area contributed by atoms with E-state index >= 15 is 0 Å². The van der Waals surface area contributed by atoms with Crippen LogP contribution in [0.4, 0.5) is 4.39 Å². The first kappa shape index (κ1) is 28.8. The predicted octanol–water partition coefficient (Wildman–Crippen LogP) is 5.31. The summed E-state index contributed by atoms with van der Waals surface area (Å²) >= 11 is 0. The molecule has 0 aliphatic carbocycles. The molecule has 0 unspecified atom stereocenters.